The van der Waals surface area contributed by atoms with E-state index >= 15 is 0 Å². The van der Waals surface area contributed by atoms with Crippen LogP contribution < -0.4 is 0 Å². The Hall–Kier alpha value is -2.44. The molecule has 1 spiro atoms. The van der Waals surface area contributed by atoms with Crippen LogP contribution >= 0.6 is 0 Å². The molecule has 5 rings (SSSR count). The molecule has 0 bridgehead atoms. The van der Waals surface area contributed by atoms with Gasteiger partial charge in [-0.3, -0.25) is 9.80 Å². The zero-order chi connectivity index (χ0) is 19.1. The van der Waals surface area contributed by atoms with Crippen LogP contribution in [-0.2, 0) is 18.5 Å². The summed E-state index contributed by atoms with van der Waals surface area (Å²) in [6.45, 7) is 3.81. The lowest BCUT2D eigenvalue weighted by Crippen LogP contribution is -2.54. The van der Waals surface area contributed by atoms with Crippen LogP contribution in [0.4, 0.5) is 4.39 Å². The summed E-state index contributed by atoms with van der Waals surface area (Å²) in [5.41, 5.74) is 3.10. The van der Waals surface area contributed by atoms with E-state index in [0.29, 0.717) is 11.3 Å². The van der Waals surface area contributed by atoms with Crippen molar-refractivity contribution < 1.29 is 8.81 Å². The number of benzene rings is 1. The Balaban J connectivity index is 1.28. The molecule has 2 aromatic heterocycles. The summed E-state index contributed by atoms with van der Waals surface area (Å²) < 4.78 is 19.9. The molecule has 0 radical (unpaired) electrons. The second-order valence-corrected chi connectivity index (χ2v) is 7.95. The van der Waals surface area contributed by atoms with Gasteiger partial charge in [-0.1, -0.05) is 12.1 Å². The number of nitrogens with zero attached hydrogens (tertiary/aromatic N) is 3. The summed E-state index contributed by atoms with van der Waals surface area (Å²) in [5, 5.41) is 0. The molecule has 1 saturated heterocycles. The van der Waals surface area contributed by atoms with Gasteiger partial charge in [0.05, 0.1) is 29.7 Å². The van der Waals surface area contributed by atoms with E-state index in [0.717, 1.165) is 51.2 Å². The number of aromatic nitrogens is 2. The van der Waals surface area contributed by atoms with Crippen LogP contribution in [0.3, 0.4) is 0 Å². The number of fused-ring (bicyclic) bond motifs is 2. The monoisotopic (exact) mass is 380 g/mol. The summed E-state index contributed by atoms with van der Waals surface area (Å²) in [6.07, 6.45) is 5.00. The van der Waals surface area contributed by atoms with Crippen LogP contribution in [0.25, 0.3) is 11.3 Å². The number of halogens is 1. The first kappa shape index (κ1) is 17.6. The van der Waals surface area contributed by atoms with Crippen molar-refractivity contribution in [3.63, 3.8) is 0 Å². The van der Waals surface area contributed by atoms with Gasteiger partial charge in [0.2, 0.25) is 0 Å². The maximum atomic E-state index is 14.0. The number of likely N-dealkylation sites (N-methyl/N-ethyl adjacent to an activating group) is 1. The van der Waals surface area contributed by atoms with Crippen LogP contribution in [-0.4, -0.2) is 46.4 Å². The highest BCUT2D eigenvalue weighted by atomic mass is 19.1. The number of H-pyrrole nitrogens is 1. The van der Waals surface area contributed by atoms with Gasteiger partial charge < -0.3 is 9.40 Å². The first-order chi connectivity index (χ1) is 13.7. The molecule has 1 aromatic carbocycles. The van der Waals surface area contributed by atoms with E-state index in [1.165, 1.54) is 17.5 Å². The number of rotatable bonds is 3. The highest BCUT2D eigenvalue weighted by molar-refractivity contribution is 5.58. The molecule has 6 heteroatoms. The van der Waals surface area contributed by atoms with E-state index in [-0.39, 0.29) is 11.4 Å². The van der Waals surface area contributed by atoms with Crippen molar-refractivity contribution in [2.24, 2.45) is 0 Å². The van der Waals surface area contributed by atoms with Gasteiger partial charge in [-0.15, -0.1) is 0 Å². The smallest absolute Gasteiger partial charge is 0.137 e. The molecular weight excluding hydrogens is 355 g/mol. The van der Waals surface area contributed by atoms with Gasteiger partial charge in [0, 0.05) is 31.7 Å². The lowest BCUT2D eigenvalue weighted by Gasteiger charge is -2.49. The lowest BCUT2D eigenvalue weighted by molar-refractivity contribution is 0.0203. The van der Waals surface area contributed by atoms with E-state index in [2.05, 4.69) is 26.8 Å². The van der Waals surface area contributed by atoms with Crippen molar-refractivity contribution in [2.45, 2.75) is 31.3 Å². The van der Waals surface area contributed by atoms with Crippen molar-refractivity contribution in [3.05, 3.63) is 65.7 Å². The molecule has 28 heavy (non-hydrogen) atoms. The van der Waals surface area contributed by atoms with E-state index < -0.39 is 0 Å². The van der Waals surface area contributed by atoms with Gasteiger partial charge in [0.25, 0.3) is 0 Å². The zero-order valence-electron chi connectivity index (χ0n) is 16.1. The van der Waals surface area contributed by atoms with Gasteiger partial charge >= 0.3 is 0 Å². The number of aromatic amines is 1. The van der Waals surface area contributed by atoms with Crippen LogP contribution in [0.2, 0.25) is 0 Å². The minimum Gasteiger partial charge on any atom is -0.460 e. The lowest BCUT2D eigenvalue weighted by atomic mass is 9.79. The number of imidazole rings is 1. The summed E-state index contributed by atoms with van der Waals surface area (Å²) in [4.78, 5) is 12.9. The molecule has 1 N–H and O–H groups in total. The van der Waals surface area contributed by atoms with Crippen molar-refractivity contribution in [1.82, 2.24) is 19.8 Å². The minimum atomic E-state index is -0.251. The van der Waals surface area contributed by atoms with Crippen molar-refractivity contribution in [1.29, 1.82) is 0 Å². The third-order valence-electron chi connectivity index (χ3n) is 6.45. The Morgan fingerprint density at radius 2 is 1.96 bits per heavy atom. The number of piperidine rings is 1. The Morgan fingerprint density at radius 1 is 1.14 bits per heavy atom. The van der Waals surface area contributed by atoms with Crippen LogP contribution in [0, 0.1) is 5.82 Å². The van der Waals surface area contributed by atoms with Crippen molar-refractivity contribution >= 4 is 0 Å². The molecule has 0 amide bonds. The van der Waals surface area contributed by atoms with Crippen molar-refractivity contribution in [2.75, 3.05) is 26.7 Å². The average molecular weight is 380 g/mol. The van der Waals surface area contributed by atoms with E-state index in [1.807, 2.05) is 24.5 Å². The maximum Gasteiger partial charge on any atom is 0.137 e. The summed E-state index contributed by atoms with van der Waals surface area (Å²) in [7, 11) is 2.22. The molecule has 5 nitrogen and oxygen atoms in total. The fourth-order valence-corrected chi connectivity index (χ4v) is 4.78. The second-order valence-electron chi connectivity index (χ2n) is 7.95. The second kappa shape index (κ2) is 6.87. The number of nitrogens with one attached hydrogen (secondary N) is 1. The molecule has 2 aliphatic heterocycles. The molecule has 2 aliphatic rings. The van der Waals surface area contributed by atoms with E-state index in [9.17, 15) is 4.39 Å². The van der Waals surface area contributed by atoms with Gasteiger partial charge in [0.15, 0.2) is 0 Å². The standard InChI is InChI=1S/C22H25FN4O/c1-26-11-8-19-21(25-15-24-19)22(26)9-12-27(13-10-22)14-16-6-7-20(28-16)17-4-2-3-5-18(17)23/h2-7,15H,8-14H2,1H3,(H,24,25). The molecule has 0 saturated carbocycles. The normalized spacial score (nSPS) is 19.8. The summed E-state index contributed by atoms with van der Waals surface area (Å²) in [6, 6.07) is 10.6. The summed E-state index contributed by atoms with van der Waals surface area (Å²) >= 11 is 0. The summed E-state index contributed by atoms with van der Waals surface area (Å²) in [5.74, 6) is 1.22. The first-order valence-electron chi connectivity index (χ1n) is 9.96. The molecule has 146 valence electrons. The van der Waals surface area contributed by atoms with E-state index in [1.54, 1.807) is 12.1 Å². The van der Waals surface area contributed by atoms with Gasteiger partial charge in [-0.2, -0.15) is 0 Å². The van der Waals surface area contributed by atoms with Gasteiger partial charge in [-0.25, -0.2) is 9.37 Å². The third-order valence-corrected chi connectivity index (χ3v) is 6.45. The van der Waals surface area contributed by atoms with Crippen LogP contribution in [0.15, 0.2) is 47.1 Å². The average Bonchev–Trinajstić information content (AvgIpc) is 3.37. The minimum absolute atomic E-state index is 0.0472. The number of likely N-dealkylation sites (tertiary alicyclic amines) is 1. The first-order valence-corrected chi connectivity index (χ1v) is 9.96. The molecule has 4 heterocycles. The van der Waals surface area contributed by atoms with Crippen LogP contribution in [0.5, 0.6) is 0 Å². The fraction of sp³-hybridized carbons (Fsp3) is 0.409. The Morgan fingerprint density at radius 3 is 2.79 bits per heavy atom. The highest BCUT2D eigenvalue weighted by Gasteiger charge is 2.44. The molecule has 3 aromatic rings. The topological polar surface area (TPSA) is 48.3 Å². The molecule has 1 fully saturated rings. The highest BCUT2D eigenvalue weighted by Crippen LogP contribution is 2.41. The zero-order valence-corrected chi connectivity index (χ0v) is 16.1. The predicted octanol–water partition coefficient (Wildman–Crippen LogP) is 3.79. The number of hydrogen-bond acceptors (Lipinski definition) is 4. The Kier molecular flexibility index (Phi) is 4.33. The van der Waals surface area contributed by atoms with Crippen LogP contribution in [0.1, 0.15) is 30.0 Å². The molecule has 0 atom stereocenters. The third kappa shape index (κ3) is 2.88. The fourth-order valence-electron chi connectivity index (χ4n) is 4.78. The molecular formula is C22H25FN4O. The SMILES string of the molecule is CN1CCc2[nH]cnc2C12CCN(Cc1ccc(-c3ccccc3F)o1)CC2. The van der Waals surface area contributed by atoms with Gasteiger partial charge in [0.1, 0.15) is 17.3 Å². The maximum absolute atomic E-state index is 14.0. The number of hydrogen-bond donors (Lipinski definition) is 1. The van der Waals surface area contributed by atoms with E-state index in [4.69, 9.17) is 4.42 Å². The quantitative estimate of drug-likeness (QED) is 0.751. The molecule has 0 aliphatic carbocycles. The Labute approximate surface area is 164 Å². The predicted molar refractivity (Wildman–Crippen MR) is 105 cm³/mol. The largest absolute Gasteiger partial charge is 0.460 e. The number of furan rings is 1. The molecule has 0 unspecified atom stereocenters. The van der Waals surface area contributed by atoms with Gasteiger partial charge in [-0.05, 0) is 44.2 Å². The Bertz CT molecular complexity index is 970. The van der Waals surface area contributed by atoms with Crippen molar-refractivity contribution in [3.8, 4) is 11.3 Å².